The van der Waals surface area contributed by atoms with Gasteiger partial charge in [-0.2, -0.15) is 0 Å². The molecule has 6 nitrogen and oxygen atoms in total. The van der Waals surface area contributed by atoms with Crippen LogP contribution in [0.25, 0.3) is 0 Å². The number of piperidine rings is 1. The fourth-order valence-corrected chi connectivity index (χ4v) is 4.17. The lowest BCUT2D eigenvalue weighted by Crippen LogP contribution is -2.35. The molecule has 30 heavy (non-hydrogen) atoms. The highest BCUT2D eigenvalue weighted by atomic mass is 16.2. The number of nitrogens with zero attached hydrogens (tertiary/aromatic N) is 1. The molecule has 1 aliphatic rings. The molecule has 2 aromatic carbocycles. The van der Waals surface area contributed by atoms with Crippen molar-refractivity contribution >= 4 is 17.6 Å². The summed E-state index contributed by atoms with van der Waals surface area (Å²) >= 11 is 0. The van der Waals surface area contributed by atoms with Crippen LogP contribution in [0.1, 0.15) is 48.9 Å². The van der Waals surface area contributed by atoms with Crippen LogP contribution in [0.2, 0.25) is 0 Å². The van der Waals surface area contributed by atoms with Gasteiger partial charge in [-0.25, -0.2) is 4.79 Å². The van der Waals surface area contributed by atoms with Gasteiger partial charge in [-0.15, -0.1) is 0 Å². The summed E-state index contributed by atoms with van der Waals surface area (Å²) in [5, 5.41) is 5.61. The molecule has 1 heterocycles. The number of likely N-dealkylation sites (tertiary alicyclic amines) is 1. The second kappa shape index (κ2) is 10.3. The van der Waals surface area contributed by atoms with E-state index in [0.717, 1.165) is 42.4 Å². The van der Waals surface area contributed by atoms with Gasteiger partial charge in [0.05, 0.1) is 12.5 Å². The molecule has 1 aliphatic heterocycles. The summed E-state index contributed by atoms with van der Waals surface area (Å²) in [6, 6.07) is 14.5. The monoisotopic (exact) mass is 408 g/mol. The number of rotatable bonds is 7. The van der Waals surface area contributed by atoms with Gasteiger partial charge in [0.1, 0.15) is 0 Å². The Hall–Kier alpha value is -2.86. The van der Waals surface area contributed by atoms with Gasteiger partial charge in [-0.05, 0) is 61.1 Å². The second-order valence-corrected chi connectivity index (χ2v) is 8.35. The van der Waals surface area contributed by atoms with Crippen LogP contribution in [0.5, 0.6) is 0 Å². The van der Waals surface area contributed by atoms with Gasteiger partial charge in [0.2, 0.25) is 5.91 Å². The summed E-state index contributed by atoms with van der Waals surface area (Å²) in [6.45, 7) is 7.49. The maximum atomic E-state index is 12.6. The number of nitrogens with one attached hydrogen (secondary N) is 2. The van der Waals surface area contributed by atoms with E-state index in [2.05, 4.69) is 34.6 Å². The molecule has 6 heteroatoms. The predicted octanol–water partition coefficient (Wildman–Crippen LogP) is 3.97. The summed E-state index contributed by atoms with van der Waals surface area (Å²) < 4.78 is 0. The Labute approximate surface area is 178 Å². The maximum absolute atomic E-state index is 12.6. The third kappa shape index (κ3) is 6.32. The van der Waals surface area contributed by atoms with Gasteiger partial charge in [-0.3, -0.25) is 9.69 Å². The first-order chi connectivity index (χ1) is 14.4. The number of primary amides is 1. The molecule has 0 radical (unpaired) electrons. The van der Waals surface area contributed by atoms with E-state index < -0.39 is 12.1 Å². The van der Waals surface area contributed by atoms with Crippen molar-refractivity contribution in [2.75, 3.05) is 18.4 Å². The molecule has 3 amide bonds. The lowest BCUT2D eigenvalue weighted by molar-refractivity contribution is -0.116. The molecular formula is C24H32N4O2. The summed E-state index contributed by atoms with van der Waals surface area (Å²) in [5.41, 5.74) is 9.21. The number of nitrogens with two attached hydrogens (primary N) is 1. The van der Waals surface area contributed by atoms with Crippen LogP contribution in [0.4, 0.5) is 10.5 Å². The van der Waals surface area contributed by atoms with E-state index in [4.69, 9.17) is 5.73 Å². The van der Waals surface area contributed by atoms with Gasteiger partial charge in [0, 0.05) is 18.8 Å². The third-order valence-corrected chi connectivity index (χ3v) is 5.65. The van der Waals surface area contributed by atoms with Crippen molar-refractivity contribution in [3.63, 3.8) is 0 Å². The Morgan fingerprint density at radius 1 is 1.17 bits per heavy atom. The SMILES string of the molecule is Cc1ccccc1C(CC(=O)Nc1ccc(CN2CCCC(C)C2)cc1)NC(N)=O. The van der Waals surface area contributed by atoms with E-state index in [9.17, 15) is 9.59 Å². The first-order valence-corrected chi connectivity index (χ1v) is 10.6. The summed E-state index contributed by atoms with van der Waals surface area (Å²) in [7, 11) is 0. The number of benzene rings is 2. The van der Waals surface area contributed by atoms with Crippen molar-refractivity contribution < 1.29 is 9.59 Å². The van der Waals surface area contributed by atoms with Crippen LogP contribution < -0.4 is 16.4 Å². The zero-order valence-electron chi connectivity index (χ0n) is 17.9. The number of amides is 3. The third-order valence-electron chi connectivity index (χ3n) is 5.65. The minimum Gasteiger partial charge on any atom is -0.352 e. The van der Waals surface area contributed by atoms with Crippen molar-refractivity contribution in [2.24, 2.45) is 11.7 Å². The van der Waals surface area contributed by atoms with Crippen LogP contribution in [-0.4, -0.2) is 29.9 Å². The van der Waals surface area contributed by atoms with E-state index in [1.54, 1.807) is 0 Å². The Morgan fingerprint density at radius 2 is 1.90 bits per heavy atom. The minimum absolute atomic E-state index is 0.112. The number of aryl methyl sites for hydroxylation is 1. The number of hydrogen-bond acceptors (Lipinski definition) is 3. The zero-order valence-corrected chi connectivity index (χ0v) is 17.9. The number of hydrogen-bond donors (Lipinski definition) is 3. The molecule has 160 valence electrons. The molecule has 1 fully saturated rings. The topological polar surface area (TPSA) is 87.5 Å². The number of anilines is 1. The average molecular weight is 409 g/mol. The quantitative estimate of drug-likeness (QED) is 0.648. The molecule has 0 spiro atoms. The van der Waals surface area contributed by atoms with E-state index in [0.29, 0.717) is 0 Å². The molecule has 2 atom stereocenters. The number of carbonyl (C=O) groups excluding carboxylic acids is 2. The smallest absolute Gasteiger partial charge is 0.312 e. The Bertz CT molecular complexity index is 866. The molecular weight excluding hydrogens is 376 g/mol. The highest BCUT2D eigenvalue weighted by Gasteiger charge is 2.19. The van der Waals surface area contributed by atoms with Crippen LogP contribution in [0.3, 0.4) is 0 Å². The minimum atomic E-state index is -0.646. The van der Waals surface area contributed by atoms with Crippen LogP contribution >= 0.6 is 0 Å². The van der Waals surface area contributed by atoms with Gasteiger partial charge < -0.3 is 16.4 Å². The molecule has 2 aromatic rings. The largest absolute Gasteiger partial charge is 0.352 e. The van der Waals surface area contributed by atoms with Gasteiger partial charge in [0.15, 0.2) is 0 Å². The van der Waals surface area contributed by atoms with Crippen molar-refractivity contribution in [3.05, 3.63) is 65.2 Å². The molecule has 0 aromatic heterocycles. The summed E-state index contributed by atoms with van der Waals surface area (Å²) in [6.07, 6.45) is 2.69. The van der Waals surface area contributed by atoms with Gasteiger partial charge in [-0.1, -0.05) is 43.3 Å². The predicted molar refractivity (Wildman–Crippen MR) is 120 cm³/mol. The Kier molecular flexibility index (Phi) is 7.46. The highest BCUT2D eigenvalue weighted by molar-refractivity contribution is 5.91. The Morgan fingerprint density at radius 3 is 2.57 bits per heavy atom. The van der Waals surface area contributed by atoms with Gasteiger partial charge in [0.25, 0.3) is 0 Å². The number of carbonyl (C=O) groups is 2. The van der Waals surface area contributed by atoms with Crippen LogP contribution in [-0.2, 0) is 11.3 Å². The molecule has 2 unspecified atom stereocenters. The van der Waals surface area contributed by atoms with Crippen molar-refractivity contribution in [1.29, 1.82) is 0 Å². The van der Waals surface area contributed by atoms with Crippen LogP contribution in [0.15, 0.2) is 48.5 Å². The van der Waals surface area contributed by atoms with E-state index in [1.807, 2.05) is 43.3 Å². The van der Waals surface area contributed by atoms with Crippen LogP contribution in [0, 0.1) is 12.8 Å². The van der Waals surface area contributed by atoms with Crippen molar-refractivity contribution in [2.45, 2.75) is 45.7 Å². The van der Waals surface area contributed by atoms with Crippen molar-refractivity contribution in [3.8, 4) is 0 Å². The molecule has 1 saturated heterocycles. The Balaban J connectivity index is 1.59. The lowest BCUT2D eigenvalue weighted by Gasteiger charge is -2.30. The van der Waals surface area contributed by atoms with Crippen molar-refractivity contribution in [1.82, 2.24) is 10.2 Å². The summed E-state index contributed by atoms with van der Waals surface area (Å²) in [5.74, 6) is 0.585. The molecule has 0 aliphatic carbocycles. The van der Waals surface area contributed by atoms with E-state index >= 15 is 0 Å². The highest BCUT2D eigenvalue weighted by Crippen LogP contribution is 2.22. The summed E-state index contributed by atoms with van der Waals surface area (Å²) in [4.78, 5) is 26.5. The zero-order chi connectivity index (χ0) is 21.5. The lowest BCUT2D eigenvalue weighted by atomic mass is 9.98. The average Bonchev–Trinajstić information content (AvgIpc) is 2.69. The first kappa shape index (κ1) is 21.8. The van der Waals surface area contributed by atoms with E-state index in [1.165, 1.54) is 18.4 Å². The fourth-order valence-electron chi connectivity index (χ4n) is 4.17. The molecule has 0 bridgehead atoms. The maximum Gasteiger partial charge on any atom is 0.312 e. The number of urea groups is 1. The van der Waals surface area contributed by atoms with Gasteiger partial charge >= 0.3 is 6.03 Å². The van der Waals surface area contributed by atoms with E-state index in [-0.39, 0.29) is 12.3 Å². The fraction of sp³-hybridized carbons (Fsp3) is 0.417. The normalized spacial score (nSPS) is 17.9. The standard InChI is InChI=1S/C24H32N4O2/c1-17-6-5-13-28(15-17)16-19-9-11-20(12-10-19)26-23(29)14-22(27-24(25)30)21-8-4-3-7-18(21)2/h3-4,7-12,17,22H,5-6,13-16H2,1-2H3,(H,26,29)(H3,25,27,30). The molecule has 3 rings (SSSR count). The molecule has 0 saturated carbocycles. The second-order valence-electron chi connectivity index (χ2n) is 8.35. The first-order valence-electron chi connectivity index (χ1n) is 10.6. The molecule has 4 N–H and O–H groups in total.